The van der Waals surface area contributed by atoms with Gasteiger partial charge in [0.15, 0.2) is 0 Å². The van der Waals surface area contributed by atoms with Crippen molar-refractivity contribution in [3.63, 3.8) is 0 Å². The average Bonchev–Trinajstić information content (AvgIpc) is 2.97. The van der Waals surface area contributed by atoms with Crippen molar-refractivity contribution in [3.05, 3.63) is 48.2 Å². The lowest BCUT2D eigenvalue weighted by Crippen LogP contribution is -2.28. The Morgan fingerprint density at radius 1 is 1.39 bits per heavy atom. The number of aromatic nitrogens is 1. The van der Waals surface area contributed by atoms with Crippen LogP contribution in [-0.2, 0) is 13.6 Å². The summed E-state index contributed by atoms with van der Waals surface area (Å²) < 4.78 is 7.27. The highest BCUT2D eigenvalue weighted by Crippen LogP contribution is 2.18. The Labute approximate surface area is 107 Å². The average molecular weight is 248 g/mol. The molecule has 0 amide bonds. The molecule has 0 saturated heterocycles. The van der Waals surface area contributed by atoms with E-state index in [1.54, 1.807) is 18.4 Å². The largest absolute Gasteiger partial charge is 0.467 e. The molecule has 18 heavy (non-hydrogen) atoms. The molecule has 98 valence electrons. The van der Waals surface area contributed by atoms with Crippen LogP contribution in [0.1, 0.15) is 30.9 Å². The maximum Gasteiger partial charge on any atom is 0.132 e. The lowest BCUT2D eigenvalue weighted by molar-refractivity contribution is 0.128. The first-order valence-electron chi connectivity index (χ1n) is 6.22. The van der Waals surface area contributed by atoms with Crippen molar-refractivity contribution < 1.29 is 9.52 Å². The second-order valence-corrected chi connectivity index (χ2v) is 4.66. The summed E-state index contributed by atoms with van der Waals surface area (Å²) in [6.07, 6.45) is 3.70. The van der Waals surface area contributed by atoms with Crippen molar-refractivity contribution in [1.29, 1.82) is 0 Å². The summed E-state index contributed by atoms with van der Waals surface area (Å²) in [5, 5.41) is 13.3. The number of hydrogen-bond donors (Lipinski definition) is 2. The van der Waals surface area contributed by atoms with E-state index < -0.39 is 6.10 Å². The summed E-state index contributed by atoms with van der Waals surface area (Å²) >= 11 is 0. The molecule has 0 radical (unpaired) electrons. The summed E-state index contributed by atoms with van der Waals surface area (Å²) in [5.41, 5.74) is 1.23. The molecule has 0 aromatic carbocycles. The minimum absolute atomic E-state index is 0.222. The second kappa shape index (κ2) is 5.89. The number of nitrogens with zero attached hydrogens (tertiary/aromatic N) is 1. The van der Waals surface area contributed by atoms with E-state index >= 15 is 0 Å². The summed E-state index contributed by atoms with van der Waals surface area (Å²) in [7, 11) is 2.03. The van der Waals surface area contributed by atoms with Gasteiger partial charge < -0.3 is 19.4 Å². The van der Waals surface area contributed by atoms with Crippen molar-refractivity contribution in [2.75, 3.05) is 0 Å². The van der Waals surface area contributed by atoms with Gasteiger partial charge in [-0.1, -0.05) is 0 Å². The number of aryl methyl sites for hydroxylation is 1. The van der Waals surface area contributed by atoms with E-state index in [-0.39, 0.29) is 6.04 Å². The van der Waals surface area contributed by atoms with Gasteiger partial charge in [-0.05, 0) is 37.6 Å². The van der Waals surface area contributed by atoms with E-state index in [9.17, 15) is 5.11 Å². The fraction of sp³-hybridized carbons (Fsp3) is 0.429. The van der Waals surface area contributed by atoms with Crippen molar-refractivity contribution in [2.24, 2.45) is 7.05 Å². The molecular formula is C14H20N2O2. The third-order valence-corrected chi connectivity index (χ3v) is 3.13. The van der Waals surface area contributed by atoms with Gasteiger partial charge in [0.1, 0.15) is 11.9 Å². The maximum absolute atomic E-state index is 9.95. The summed E-state index contributed by atoms with van der Waals surface area (Å²) in [5.74, 6) is 0.627. The first-order valence-corrected chi connectivity index (χ1v) is 6.22. The molecule has 4 nitrogen and oxygen atoms in total. The smallest absolute Gasteiger partial charge is 0.132 e. The molecule has 0 unspecified atom stereocenters. The highest BCUT2D eigenvalue weighted by molar-refractivity contribution is 5.06. The minimum Gasteiger partial charge on any atom is -0.467 e. The molecule has 0 bridgehead atoms. The minimum atomic E-state index is -0.545. The van der Waals surface area contributed by atoms with Gasteiger partial charge in [0.25, 0.3) is 0 Å². The van der Waals surface area contributed by atoms with Crippen molar-refractivity contribution in [3.8, 4) is 0 Å². The standard InChI is InChI=1S/C14H20N2O2/c1-11(9-13(17)14-6-4-8-18-14)15-10-12-5-3-7-16(12)2/h3-8,11,13,15,17H,9-10H2,1-2H3/t11-,13+/m1/s1. The molecule has 0 aliphatic carbocycles. The molecule has 2 aromatic rings. The van der Waals surface area contributed by atoms with E-state index in [0.29, 0.717) is 12.2 Å². The second-order valence-electron chi connectivity index (χ2n) is 4.66. The van der Waals surface area contributed by atoms with Crippen molar-refractivity contribution >= 4 is 0 Å². The van der Waals surface area contributed by atoms with Gasteiger partial charge in [-0.15, -0.1) is 0 Å². The predicted octanol–water partition coefficient (Wildman–Crippen LogP) is 2.22. The molecule has 2 N–H and O–H groups in total. The van der Waals surface area contributed by atoms with E-state index in [2.05, 4.69) is 22.9 Å². The number of furan rings is 1. The number of rotatable bonds is 6. The Kier molecular flexibility index (Phi) is 4.23. The van der Waals surface area contributed by atoms with E-state index in [1.807, 2.05) is 19.3 Å². The molecule has 4 heteroatoms. The quantitative estimate of drug-likeness (QED) is 0.824. The van der Waals surface area contributed by atoms with Crippen LogP contribution in [0, 0.1) is 0 Å². The molecule has 0 spiro atoms. The van der Waals surface area contributed by atoms with Gasteiger partial charge in [0.05, 0.1) is 6.26 Å². The molecule has 2 heterocycles. The van der Waals surface area contributed by atoms with Crippen LogP contribution in [-0.4, -0.2) is 15.7 Å². The van der Waals surface area contributed by atoms with Gasteiger partial charge >= 0.3 is 0 Å². The number of nitrogens with one attached hydrogen (secondary N) is 1. The number of aliphatic hydroxyl groups is 1. The van der Waals surface area contributed by atoms with Crippen molar-refractivity contribution in [2.45, 2.75) is 32.0 Å². The lowest BCUT2D eigenvalue weighted by atomic mass is 10.1. The van der Waals surface area contributed by atoms with Crippen LogP contribution in [0.15, 0.2) is 41.1 Å². The molecule has 0 aliphatic rings. The summed E-state index contributed by atoms with van der Waals surface area (Å²) in [4.78, 5) is 0. The van der Waals surface area contributed by atoms with E-state index in [1.165, 1.54) is 5.69 Å². The van der Waals surface area contributed by atoms with Crippen LogP contribution >= 0.6 is 0 Å². The Morgan fingerprint density at radius 2 is 2.22 bits per heavy atom. The molecule has 0 fully saturated rings. The normalized spacial score (nSPS) is 14.6. The van der Waals surface area contributed by atoms with E-state index in [0.717, 1.165) is 6.54 Å². The van der Waals surface area contributed by atoms with Crippen LogP contribution in [0.2, 0.25) is 0 Å². The lowest BCUT2D eigenvalue weighted by Gasteiger charge is -2.17. The molecule has 0 aliphatic heterocycles. The van der Waals surface area contributed by atoms with Gasteiger partial charge in [-0.2, -0.15) is 0 Å². The highest BCUT2D eigenvalue weighted by atomic mass is 16.4. The Bertz CT molecular complexity index is 462. The van der Waals surface area contributed by atoms with Gasteiger partial charge in [-0.25, -0.2) is 0 Å². The Hall–Kier alpha value is -1.52. The van der Waals surface area contributed by atoms with Gasteiger partial charge in [0.2, 0.25) is 0 Å². The molecule has 2 atom stereocenters. The third kappa shape index (κ3) is 3.24. The number of hydrogen-bond acceptors (Lipinski definition) is 3. The highest BCUT2D eigenvalue weighted by Gasteiger charge is 2.14. The molecular weight excluding hydrogens is 228 g/mol. The van der Waals surface area contributed by atoms with Crippen molar-refractivity contribution in [1.82, 2.24) is 9.88 Å². The number of aliphatic hydroxyl groups excluding tert-OH is 1. The zero-order valence-corrected chi connectivity index (χ0v) is 10.8. The van der Waals surface area contributed by atoms with E-state index in [4.69, 9.17) is 4.42 Å². The topological polar surface area (TPSA) is 50.3 Å². The Morgan fingerprint density at radius 3 is 2.83 bits per heavy atom. The zero-order chi connectivity index (χ0) is 13.0. The SMILES string of the molecule is C[C@H](C[C@H](O)c1ccco1)NCc1cccn1C. The predicted molar refractivity (Wildman–Crippen MR) is 70.0 cm³/mol. The van der Waals surface area contributed by atoms with Gasteiger partial charge in [-0.3, -0.25) is 0 Å². The monoisotopic (exact) mass is 248 g/mol. The fourth-order valence-corrected chi connectivity index (χ4v) is 1.97. The first-order chi connectivity index (χ1) is 8.66. The van der Waals surface area contributed by atoms with Gasteiger partial charge in [0, 0.05) is 31.5 Å². The molecule has 2 aromatic heterocycles. The van der Waals surface area contributed by atoms with Crippen LogP contribution in [0.4, 0.5) is 0 Å². The molecule has 2 rings (SSSR count). The fourth-order valence-electron chi connectivity index (χ4n) is 1.97. The zero-order valence-electron chi connectivity index (χ0n) is 10.8. The van der Waals surface area contributed by atoms with Crippen LogP contribution in [0.5, 0.6) is 0 Å². The van der Waals surface area contributed by atoms with Crippen LogP contribution in [0.25, 0.3) is 0 Å². The Balaban J connectivity index is 1.79. The third-order valence-electron chi connectivity index (χ3n) is 3.13. The summed E-state index contributed by atoms with van der Waals surface area (Å²) in [6.45, 7) is 2.87. The van der Waals surface area contributed by atoms with Crippen LogP contribution in [0.3, 0.4) is 0 Å². The maximum atomic E-state index is 9.95. The molecule has 0 saturated carbocycles. The summed E-state index contributed by atoms with van der Waals surface area (Å²) in [6, 6.07) is 7.93. The van der Waals surface area contributed by atoms with Crippen LogP contribution < -0.4 is 5.32 Å². The first kappa shape index (κ1) is 12.9.